The lowest BCUT2D eigenvalue weighted by atomic mass is 9.69. The van der Waals surface area contributed by atoms with Gasteiger partial charge < -0.3 is 4.48 Å². The Labute approximate surface area is 218 Å². The van der Waals surface area contributed by atoms with Gasteiger partial charge >= 0.3 is 7.40 Å². The summed E-state index contributed by atoms with van der Waals surface area (Å²) in [6.07, 6.45) is 13.5. The highest BCUT2D eigenvalue weighted by Gasteiger charge is 2.43. The summed E-state index contributed by atoms with van der Waals surface area (Å²) in [7, 11) is -2.60. The number of hydrogen-bond acceptors (Lipinski definition) is 1. The van der Waals surface area contributed by atoms with Gasteiger partial charge in [0.25, 0.3) is 0 Å². The second-order valence-electron chi connectivity index (χ2n) is 10.5. The number of hydrogen-bond donors (Lipinski definition) is 0. The summed E-state index contributed by atoms with van der Waals surface area (Å²) < 4.78 is 32.2. The van der Waals surface area contributed by atoms with Crippen molar-refractivity contribution in [3.8, 4) is 0 Å². The smallest absolute Gasteiger partial charge is 0.329 e. The molecular formula is C29H26BF2IN2. The van der Waals surface area contributed by atoms with Crippen LogP contribution in [0.4, 0.5) is 8.63 Å². The van der Waals surface area contributed by atoms with E-state index in [1.54, 1.807) is 0 Å². The monoisotopic (exact) mass is 578 g/mol. The molecule has 0 radical (unpaired) electrons. The maximum absolute atomic E-state index is 14.9. The largest absolute Gasteiger partial charge is 0.677 e. The third kappa shape index (κ3) is 3.07. The van der Waals surface area contributed by atoms with Crippen LogP contribution in [0.5, 0.6) is 0 Å². The molecule has 1 aliphatic heterocycles. The van der Waals surface area contributed by atoms with Crippen LogP contribution in [0.2, 0.25) is 0 Å². The van der Waals surface area contributed by atoms with E-state index in [0.717, 1.165) is 62.9 Å². The highest BCUT2D eigenvalue weighted by atomic mass is 127. The Kier molecular flexibility index (Phi) is 4.96. The van der Waals surface area contributed by atoms with Crippen LogP contribution >= 0.6 is 22.6 Å². The maximum Gasteiger partial charge on any atom is 0.677 e. The molecule has 9 rings (SSSR count). The van der Waals surface area contributed by atoms with E-state index >= 15 is 0 Å². The van der Waals surface area contributed by atoms with E-state index in [1.807, 2.05) is 6.92 Å². The Hall–Kier alpha value is -2.22. The average molecular weight is 578 g/mol. The van der Waals surface area contributed by atoms with Crippen molar-refractivity contribution in [3.05, 3.63) is 97.1 Å². The minimum Gasteiger partial charge on any atom is -0.329 e. The van der Waals surface area contributed by atoms with Crippen LogP contribution < -0.4 is 0 Å². The predicted octanol–water partition coefficient (Wildman–Crippen LogP) is 7.83. The summed E-state index contributed by atoms with van der Waals surface area (Å²) in [4.78, 5) is 5.17. The third-order valence-corrected chi connectivity index (χ3v) is 9.48. The van der Waals surface area contributed by atoms with Gasteiger partial charge in [0, 0.05) is 49.9 Å². The maximum atomic E-state index is 14.9. The zero-order chi connectivity index (χ0) is 24.0. The van der Waals surface area contributed by atoms with Gasteiger partial charge in [-0.05, 0) is 102 Å². The van der Waals surface area contributed by atoms with Gasteiger partial charge in [-0.25, -0.2) is 0 Å². The molecule has 0 saturated carbocycles. The van der Waals surface area contributed by atoms with Crippen LogP contribution in [-0.2, 0) is 0 Å². The Morgan fingerprint density at radius 2 is 1.43 bits per heavy atom. The molecule has 2 aromatic rings. The molecule has 6 aliphatic carbocycles. The first-order chi connectivity index (χ1) is 16.9. The zero-order valence-electron chi connectivity index (χ0n) is 19.9. The van der Waals surface area contributed by atoms with E-state index in [2.05, 4.69) is 78.1 Å². The molecule has 4 atom stereocenters. The van der Waals surface area contributed by atoms with Crippen molar-refractivity contribution in [1.29, 1.82) is 0 Å². The van der Waals surface area contributed by atoms with E-state index in [-0.39, 0.29) is 11.8 Å². The van der Waals surface area contributed by atoms with Crippen molar-refractivity contribution in [2.75, 3.05) is 0 Å². The molecule has 0 fully saturated rings. The molecule has 0 spiro atoms. The van der Waals surface area contributed by atoms with Crippen molar-refractivity contribution < 1.29 is 8.63 Å². The Morgan fingerprint density at radius 3 is 2.03 bits per heavy atom. The molecule has 35 heavy (non-hydrogen) atoms. The third-order valence-electron chi connectivity index (χ3n) is 8.77. The van der Waals surface area contributed by atoms with Crippen LogP contribution in [0.15, 0.2) is 70.4 Å². The molecule has 0 unspecified atom stereocenters. The van der Waals surface area contributed by atoms with Crippen molar-refractivity contribution in [2.24, 2.45) is 16.8 Å². The van der Waals surface area contributed by atoms with E-state index < -0.39 is 7.40 Å². The molecule has 6 heteroatoms. The predicted molar refractivity (Wildman–Crippen MR) is 147 cm³/mol. The highest BCUT2D eigenvalue weighted by molar-refractivity contribution is 14.1. The molecule has 0 amide bonds. The Bertz CT molecular complexity index is 1420. The normalized spacial score (nSPS) is 29.0. The highest BCUT2D eigenvalue weighted by Crippen LogP contribution is 2.54. The summed E-state index contributed by atoms with van der Waals surface area (Å²) in [5.74, 6) is 1.12. The zero-order valence-corrected chi connectivity index (χ0v) is 22.0. The van der Waals surface area contributed by atoms with Crippen LogP contribution in [-0.4, -0.2) is 17.6 Å². The standard InChI is InChI=1S/C29H26BF2IN2/c1-15-23-17-3-7-19(8-4-17)25(23)28(34-15)27(21-11-13-22(33)14-12-21)29-26-20-9-5-18(6-10-20)24(26)16(2)35(29)30(31)32/h3,5,7,9,11-14,17-20H,4,6,8,10H2,1-2H3/b28-27-/t17-,18-,19+,20+/m1/s1. The molecule has 2 heterocycles. The Balaban J connectivity index is 1.59. The summed E-state index contributed by atoms with van der Waals surface area (Å²) in [5.41, 5.74) is 10.1. The first kappa shape index (κ1) is 22.0. The van der Waals surface area contributed by atoms with E-state index in [1.165, 1.54) is 15.6 Å². The SMILES string of the molecule is CC1=N/C(=C(/c2ccc(I)cc2)c2c3c(c(C)n2B(F)F)[C@@H]2C=C[C@H]3CC2)C2=C1[C@@H]1C=C[C@H]2CC1. The van der Waals surface area contributed by atoms with Gasteiger partial charge in [0.15, 0.2) is 0 Å². The summed E-state index contributed by atoms with van der Waals surface area (Å²) >= 11 is 2.31. The fourth-order valence-corrected chi connectivity index (χ4v) is 7.70. The molecule has 1 aromatic carbocycles. The minimum atomic E-state index is -2.60. The van der Waals surface area contributed by atoms with Crippen molar-refractivity contribution in [1.82, 2.24) is 4.48 Å². The van der Waals surface area contributed by atoms with Gasteiger partial charge in [0.2, 0.25) is 0 Å². The van der Waals surface area contributed by atoms with Crippen LogP contribution in [0.25, 0.3) is 5.57 Å². The molecule has 0 saturated heterocycles. The van der Waals surface area contributed by atoms with Crippen molar-refractivity contribution >= 4 is 41.3 Å². The number of fused-ring (bicyclic) bond motifs is 2. The van der Waals surface area contributed by atoms with Gasteiger partial charge in [-0.3, -0.25) is 13.6 Å². The molecule has 0 N–H and O–H groups in total. The van der Waals surface area contributed by atoms with E-state index in [9.17, 15) is 8.63 Å². The van der Waals surface area contributed by atoms with Crippen LogP contribution in [0, 0.1) is 22.3 Å². The van der Waals surface area contributed by atoms with E-state index in [0.29, 0.717) is 23.2 Å². The average Bonchev–Trinajstić information content (AvgIpc) is 3.40. The van der Waals surface area contributed by atoms with Gasteiger partial charge in [-0.15, -0.1) is 0 Å². The summed E-state index contributed by atoms with van der Waals surface area (Å²) in [6, 6.07) is 8.33. The molecule has 176 valence electrons. The fourth-order valence-electron chi connectivity index (χ4n) is 7.34. The molecule has 2 nitrogen and oxygen atoms in total. The van der Waals surface area contributed by atoms with Gasteiger partial charge in [-0.1, -0.05) is 36.4 Å². The molecule has 7 aliphatic rings. The van der Waals surface area contributed by atoms with Crippen LogP contribution in [0.3, 0.4) is 0 Å². The lowest BCUT2D eigenvalue weighted by molar-refractivity contribution is 0.501. The lowest BCUT2D eigenvalue weighted by Gasteiger charge is -2.34. The topological polar surface area (TPSA) is 17.3 Å². The molecule has 1 aromatic heterocycles. The summed E-state index contributed by atoms with van der Waals surface area (Å²) in [6.45, 7) is 3.98. The number of halogens is 3. The second-order valence-corrected chi connectivity index (χ2v) is 11.8. The number of allylic oxidation sites excluding steroid dienone is 6. The van der Waals surface area contributed by atoms with Crippen LogP contribution in [0.1, 0.15) is 72.5 Å². The number of nitrogens with zero attached hydrogens (tertiary/aromatic N) is 2. The Morgan fingerprint density at radius 1 is 0.857 bits per heavy atom. The lowest BCUT2D eigenvalue weighted by Crippen LogP contribution is -2.24. The van der Waals surface area contributed by atoms with Gasteiger partial charge in [0.05, 0.1) is 5.70 Å². The fraction of sp³-hybridized carbons (Fsp3) is 0.345. The van der Waals surface area contributed by atoms with E-state index in [4.69, 9.17) is 4.99 Å². The molecular weight excluding hydrogens is 552 g/mol. The first-order valence-corrected chi connectivity index (χ1v) is 13.7. The van der Waals surface area contributed by atoms with Gasteiger partial charge in [0.1, 0.15) is 0 Å². The van der Waals surface area contributed by atoms with Crippen molar-refractivity contribution in [2.45, 2.75) is 51.4 Å². The first-order valence-electron chi connectivity index (χ1n) is 12.6. The number of aromatic nitrogens is 1. The molecule has 4 bridgehead atoms. The number of benzene rings is 1. The second kappa shape index (κ2) is 7.89. The quantitative estimate of drug-likeness (QED) is 0.201. The van der Waals surface area contributed by atoms with Gasteiger partial charge in [-0.2, -0.15) is 0 Å². The van der Waals surface area contributed by atoms with Crippen molar-refractivity contribution in [3.63, 3.8) is 0 Å². The number of aliphatic imine (C=N–C) groups is 1. The summed E-state index contributed by atoms with van der Waals surface area (Å²) in [5, 5.41) is 0. The number of rotatable bonds is 3. The minimum absolute atomic E-state index is 0.186.